The zero-order valence-electron chi connectivity index (χ0n) is 14.2. The van der Waals surface area contributed by atoms with E-state index < -0.39 is 0 Å². The van der Waals surface area contributed by atoms with Crippen LogP contribution in [-0.4, -0.2) is 44.4 Å². The second-order valence-corrected chi connectivity index (χ2v) is 7.25. The Morgan fingerprint density at radius 2 is 2.00 bits per heavy atom. The van der Waals surface area contributed by atoms with Gasteiger partial charge in [0.1, 0.15) is 0 Å². The summed E-state index contributed by atoms with van der Waals surface area (Å²) in [6.07, 6.45) is 3.25. The van der Waals surface area contributed by atoms with Crippen LogP contribution in [0, 0.1) is 5.92 Å². The zero-order valence-corrected chi connectivity index (χ0v) is 15.0. The van der Waals surface area contributed by atoms with Crippen molar-refractivity contribution in [3.05, 3.63) is 52.6 Å². The highest BCUT2D eigenvalue weighted by atomic mass is 32.1. The van der Waals surface area contributed by atoms with Crippen molar-refractivity contribution in [2.75, 3.05) is 13.1 Å². The Labute approximate surface area is 154 Å². The van der Waals surface area contributed by atoms with Gasteiger partial charge in [0.2, 0.25) is 5.91 Å². The molecule has 4 heterocycles. The Morgan fingerprint density at radius 1 is 1.15 bits per heavy atom. The van der Waals surface area contributed by atoms with Crippen molar-refractivity contribution in [3.8, 4) is 0 Å². The van der Waals surface area contributed by atoms with Crippen LogP contribution < -0.4 is 5.32 Å². The highest BCUT2D eigenvalue weighted by Crippen LogP contribution is 2.21. The van der Waals surface area contributed by atoms with Crippen LogP contribution in [0.4, 0.5) is 0 Å². The molecule has 26 heavy (non-hydrogen) atoms. The number of nitrogens with zero attached hydrogens (tertiary/aromatic N) is 4. The minimum Gasteiger partial charge on any atom is -0.349 e. The van der Waals surface area contributed by atoms with Crippen molar-refractivity contribution in [2.24, 2.45) is 5.92 Å². The van der Waals surface area contributed by atoms with Crippen LogP contribution >= 0.6 is 11.3 Å². The third-order valence-electron chi connectivity index (χ3n) is 4.69. The number of carbonyl (C=O) groups is 2. The van der Waals surface area contributed by atoms with E-state index in [4.69, 9.17) is 0 Å². The number of hydrogen-bond acceptors (Lipinski definition) is 5. The molecule has 1 aliphatic heterocycles. The molecular formula is C18H19N5O2S. The highest BCUT2D eigenvalue weighted by Gasteiger charge is 2.28. The number of aromatic nitrogens is 3. The van der Waals surface area contributed by atoms with Gasteiger partial charge in [-0.05, 0) is 36.4 Å². The molecule has 0 radical (unpaired) electrons. The van der Waals surface area contributed by atoms with E-state index in [0.29, 0.717) is 38.3 Å². The maximum atomic E-state index is 12.5. The summed E-state index contributed by atoms with van der Waals surface area (Å²) in [6, 6.07) is 9.40. The fourth-order valence-corrected chi connectivity index (χ4v) is 3.91. The number of piperidine rings is 1. The first-order valence-electron chi connectivity index (χ1n) is 8.61. The number of rotatable bonds is 4. The smallest absolute Gasteiger partial charge is 0.263 e. The number of carbonyl (C=O) groups excluding carboxylic acids is 2. The molecule has 3 aromatic rings. The van der Waals surface area contributed by atoms with E-state index in [1.165, 1.54) is 11.3 Å². The fourth-order valence-electron chi connectivity index (χ4n) is 3.22. The van der Waals surface area contributed by atoms with Gasteiger partial charge < -0.3 is 10.2 Å². The van der Waals surface area contributed by atoms with Crippen LogP contribution in [0.15, 0.2) is 41.9 Å². The molecule has 3 aromatic heterocycles. The molecule has 1 saturated heterocycles. The standard InChI is InChI=1S/C18H19N5O2S/c24-17(19-12-16-21-20-15-5-1-2-8-23(15)16)13-6-9-22(10-7-13)18(25)14-4-3-11-26-14/h1-5,8,11,13H,6-7,9-10,12H2,(H,19,24). The minimum absolute atomic E-state index is 0.0147. The van der Waals surface area contributed by atoms with Crippen LogP contribution in [0.2, 0.25) is 0 Å². The summed E-state index contributed by atoms with van der Waals surface area (Å²) >= 11 is 1.45. The molecule has 0 saturated carbocycles. The summed E-state index contributed by atoms with van der Waals surface area (Å²) in [7, 11) is 0. The molecule has 0 aromatic carbocycles. The zero-order chi connectivity index (χ0) is 17.9. The second kappa shape index (κ2) is 7.25. The summed E-state index contributed by atoms with van der Waals surface area (Å²) in [6.45, 7) is 1.57. The third kappa shape index (κ3) is 3.32. The number of amides is 2. The van der Waals surface area contributed by atoms with Crippen molar-refractivity contribution in [3.63, 3.8) is 0 Å². The molecule has 1 aliphatic rings. The molecule has 0 spiro atoms. The summed E-state index contributed by atoms with van der Waals surface area (Å²) < 4.78 is 1.86. The van der Waals surface area contributed by atoms with Gasteiger partial charge in [-0.25, -0.2) is 0 Å². The van der Waals surface area contributed by atoms with Crippen molar-refractivity contribution >= 4 is 28.8 Å². The Kier molecular flexibility index (Phi) is 4.66. The molecule has 0 atom stereocenters. The fraction of sp³-hybridized carbons (Fsp3) is 0.333. The molecule has 7 nitrogen and oxygen atoms in total. The van der Waals surface area contributed by atoms with Crippen LogP contribution in [-0.2, 0) is 11.3 Å². The maximum Gasteiger partial charge on any atom is 0.263 e. The molecule has 4 rings (SSSR count). The van der Waals surface area contributed by atoms with Gasteiger partial charge in [0.25, 0.3) is 5.91 Å². The molecule has 1 fully saturated rings. The summed E-state index contributed by atoms with van der Waals surface area (Å²) in [5.74, 6) is 0.718. The third-order valence-corrected chi connectivity index (χ3v) is 5.55. The number of hydrogen-bond donors (Lipinski definition) is 1. The quantitative estimate of drug-likeness (QED) is 0.762. The van der Waals surface area contributed by atoms with E-state index in [-0.39, 0.29) is 17.7 Å². The molecule has 0 aliphatic carbocycles. The van der Waals surface area contributed by atoms with Gasteiger partial charge in [0.15, 0.2) is 11.5 Å². The predicted molar refractivity (Wildman–Crippen MR) is 97.8 cm³/mol. The SMILES string of the molecule is O=C(NCc1nnc2ccccn12)C1CCN(C(=O)c2cccs2)CC1. The van der Waals surface area contributed by atoms with E-state index in [2.05, 4.69) is 15.5 Å². The molecule has 2 amide bonds. The van der Waals surface area contributed by atoms with Crippen molar-refractivity contribution < 1.29 is 9.59 Å². The molecule has 134 valence electrons. The molecule has 8 heteroatoms. The number of likely N-dealkylation sites (tertiary alicyclic amines) is 1. The average molecular weight is 369 g/mol. The number of thiophene rings is 1. The van der Waals surface area contributed by atoms with Gasteiger partial charge in [-0.15, -0.1) is 21.5 Å². The number of nitrogens with one attached hydrogen (secondary N) is 1. The van der Waals surface area contributed by atoms with Crippen molar-refractivity contribution in [2.45, 2.75) is 19.4 Å². The molecular weight excluding hydrogens is 350 g/mol. The maximum absolute atomic E-state index is 12.5. The topological polar surface area (TPSA) is 79.6 Å². The largest absolute Gasteiger partial charge is 0.349 e. The first-order chi connectivity index (χ1) is 12.7. The van der Waals surface area contributed by atoms with Gasteiger partial charge >= 0.3 is 0 Å². The molecule has 0 unspecified atom stereocenters. The highest BCUT2D eigenvalue weighted by molar-refractivity contribution is 7.12. The van der Waals surface area contributed by atoms with E-state index in [1.807, 2.05) is 51.2 Å². The van der Waals surface area contributed by atoms with Crippen molar-refractivity contribution in [1.82, 2.24) is 24.8 Å². The first-order valence-corrected chi connectivity index (χ1v) is 9.49. The summed E-state index contributed by atoms with van der Waals surface area (Å²) in [5.41, 5.74) is 0.761. The Hall–Kier alpha value is -2.74. The second-order valence-electron chi connectivity index (χ2n) is 6.31. The van der Waals surface area contributed by atoms with Crippen LogP contribution in [0.3, 0.4) is 0 Å². The van der Waals surface area contributed by atoms with Gasteiger partial charge in [-0.3, -0.25) is 14.0 Å². The normalized spacial score (nSPS) is 15.3. The number of fused-ring (bicyclic) bond motifs is 1. The minimum atomic E-state index is -0.0680. The Balaban J connectivity index is 1.30. The first kappa shape index (κ1) is 16.7. The van der Waals surface area contributed by atoms with Gasteiger partial charge in [0, 0.05) is 25.2 Å². The summed E-state index contributed by atoms with van der Waals surface area (Å²) in [4.78, 5) is 27.4. The van der Waals surface area contributed by atoms with E-state index in [1.54, 1.807) is 0 Å². The lowest BCUT2D eigenvalue weighted by Gasteiger charge is -2.31. The van der Waals surface area contributed by atoms with Gasteiger partial charge in [0.05, 0.1) is 11.4 Å². The lowest BCUT2D eigenvalue weighted by Crippen LogP contribution is -2.42. The van der Waals surface area contributed by atoms with Gasteiger partial charge in [-0.1, -0.05) is 12.1 Å². The van der Waals surface area contributed by atoms with Crippen LogP contribution in [0.1, 0.15) is 28.3 Å². The van der Waals surface area contributed by atoms with Crippen LogP contribution in [0.25, 0.3) is 5.65 Å². The molecule has 1 N–H and O–H groups in total. The summed E-state index contributed by atoms with van der Waals surface area (Å²) in [5, 5.41) is 13.1. The molecule has 0 bridgehead atoms. The lowest BCUT2D eigenvalue weighted by molar-refractivity contribution is -0.126. The number of pyridine rings is 1. The Bertz CT molecular complexity index is 913. The predicted octanol–water partition coefficient (Wildman–Crippen LogP) is 1.96. The average Bonchev–Trinajstić information content (AvgIpc) is 3.36. The van der Waals surface area contributed by atoms with Crippen molar-refractivity contribution in [1.29, 1.82) is 0 Å². The van der Waals surface area contributed by atoms with Gasteiger partial charge in [-0.2, -0.15) is 0 Å². The lowest BCUT2D eigenvalue weighted by atomic mass is 9.96. The van der Waals surface area contributed by atoms with E-state index in [9.17, 15) is 9.59 Å². The van der Waals surface area contributed by atoms with E-state index >= 15 is 0 Å². The Morgan fingerprint density at radius 3 is 2.77 bits per heavy atom. The van der Waals surface area contributed by atoms with E-state index in [0.717, 1.165) is 10.5 Å². The van der Waals surface area contributed by atoms with Crippen LogP contribution in [0.5, 0.6) is 0 Å². The monoisotopic (exact) mass is 369 g/mol.